The molecule has 0 rings (SSSR count). The van der Waals surface area contributed by atoms with E-state index in [0.717, 1.165) is 161 Å². The molecule has 0 amide bonds. The van der Waals surface area contributed by atoms with E-state index in [1.807, 2.05) is 36.5 Å². The number of carbonyl (C=O) groups excluding carboxylic acids is 4. The molecule has 0 aliphatic heterocycles. The quantitative estimate of drug-likeness (QED) is 0.0169. The van der Waals surface area contributed by atoms with Gasteiger partial charge in [0.2, 0.25) is 0 Å². The molecule has 17 nitrogen and oxygen atoms in total. The Hall–Kier alpha value is -5.84. The molecule has 19 heteroatoms. The Morgan fingerprint density at radius 2 is 0.500 bits per heavy atom. The first-order chi connectivity index (χ1) is 52.7. The van der Waals surface area contributed by atoms with E-state index in [4.69, 9.17) is 37.0 Å². The summed E-state index contributed by atoms with van der Waals surface area (Å²) in [5, 5.41) is 10.7. The fraction of sp³-hybridized carbons (Fsp3) is 0.618. The number of phosphoric acid groups is 2. The first-order valence-electron chi connectivity index (χ1n) is 41.0. The predicted octanol–water partition coefficient (Wildman–Crippen LogP) is 24.3. The van der Waals surface area contributed by atoms with Gasteiger partial charge in [-0.05, 0) is 161 Å². The Balaban J connectivity index is 5.53. The minimum absolute atomic E-state index is 0.0251. The predicted molar refractivity (Wildman–Crippen MR) is 445 cm³/mol. The number of aliphatic hydroxyl groups excluding tert-OH is 1. The molecule has 0 aliphatic rings. The minimum atomic E-state index is -5.01. The van der Waals surface area contributed by atoms with Crippen molar-refractivity contribution < 1.29 is 80.2 Å². The fourth-order valence-electron chi connectivity index (χ4n) is 10.2. The number of hydrogen-bond acceptors (Lipinski definition) is 15. The van der Waals surface area contributed by atoms with E-state index >= 15 is 0 Å². The molecule has 0 radical (unpaired) electrons. The van der Waals surface area contributed by atoms with Crippen LogP contribution in [0.15, 0.2) is 182 Å². The van der Waals surface area contributed by atoms with Crippen LogP contribution in [0.2, 0.25) is 0 Å². The van der Waals surface area contributed by atoms with Crippen LogP contribution in [0.25, 0.3) is 0 Å². The van der Waals surface area contributed by atoms with Gasteiger partial charge < -0.3 is 33.8 Å². The SMILES string of the molecule is CC/C=C\C/C=C\C/C=C\C/C=C\C/C=C\C/C=C\CCC(=O)OC[C@H](COP(=O)(O)OC[C@@H](O)COP(=O)(O)OC[C@@H](COC(=O)CCCCCCCCC/C=C\CCCCCC)OC(=O)CC/C=C\C/C=C\C/C=C\C/C=C\C/C=C\C/C=C\CC)OC(=O)CCCCCCC/C=C\C/C=C\CCCCC. The van der Waals surface area contributed by atoms with Gasteiger partial charge in [-0.3, -0.25) is 37.3 Å². The molecule has 108 heavy (non-hydrogen) atoms. The molecule has 0 fully saturated rings. The van der Waals surface area contributed by atoms with Crippen molar-refractivity contribution >= 4 is 39.5 Å². The van der Waals surface area contributed by atoms with Crippen molar-refractivity contribution in [2.24, 2.45) is 0 Å². The normalized spacial score (nSPS) is 14.8. The van der Waals surface area contributed by atoms with Crippen molar-refractivity contribution in [3.8, 4) is 0 Å². The Labute approximate surface area is 654 Å². The van der Waals surface area contributed by atoms with E-state index < -0.39 is 97.5 Å². The lowest BCUT2D eigenvalue weighted by atomic mass is 10.1. The Kier molecular flexibility index (Phi) is 75.0. The summed E-state index contributed by atoms with van der Waals surface area (Å²) >= 11 is 0. The molecule has 0 heterocycles. The average molecular weight is 1550 g/mol. The third kappa shape index (κ3) is 78.3. The van der Waals surface area contributed by atoms with Crippen LogP contribution in [0, 0.1) is 0 Å². The minimum Gasteiger partial charge on any atom is -0.462 e. The van der Waals surface area contributed by atoms with Gasteiger partial charge in [0.15, 0.2) is 12.2 Å². The summed E-state index contributed by atoms with van der Waals surface area (Å²) in [5.41, 5.74) is 0. The smallest absolute Gasteiger partial charge is 0.462 e. The zero-order valence-electron chi connectivity index (χ0n) is 66.9. The first kappa shape index (κ1) is 102. The number of ether oxygens (including phenoxy) is 4. The van der Waals surface area contributed by atoms with Crippen molar-refractivity contribution in [2.75, 3.05) is 39.6 Å². The third-order valence-electron chi connectivity index (χ3n) is 16.4. The van der Waals surface area contributed by atoms with Crippen LogP contribution < -0.4 is 0 Å². The van der Waals surface area contributed by atoms with Gasteiger partial charge in [0.1, 0.15) is 19.3 Å². The van der Waals surface area contributed by atoms with Crippen LogP contribution in [0.3, 0.4) is 0 Å². The van der Waals surface area contributed by atoms with Crippen molar-refractivity contribution in [1.82, 2.24) is 0 Å². The topological polar surface area (TPSA) is 237 Å². The van der Waals surface area contributed by atoms with E-state index in [9.17, 15) is 43.2 Å². The molecule has 612 valence electrons. The Morgan fingerprint density at radius 3 is 0.843 bits per heavy atom. The average Bonchev–Trinajstić information content (AvgIpc) is 0.914. The molecule has 0 bridgehead atoms. The van der Waals surface area contributed by atoms with Gasteiger partial charge in [-0.2, -0.15) is 0 Å². The van der Waals surface area contributed by atoms with E-state index in [1.54, 1.807) is 0 Å². The summed E-state index contributed by atoms with van der Waals surface area (Å²) in [5.74, 6) is -2.40. The lowest BCUT2D eigenvalue weighted by molar-refractivity contribution is -0.161. The number of aliphatic hydroxyl groups is 1. The van der Waals surface area contributed by atoms with Crippen LogP contribution in [0.4, 0.5) is 0 Å². The van der Waals surface area contributed by atoms with Gasteiger partial charge in [-0.1, -0.05) is 293 Å². The maximum Gasteiger partial charge on any atom is 0.472 e. The maximum absolute atomic E-state index is 13.1. The van der Waals surface area contributed by atoms with Gasteiger partial charge in [0, 0.05) is 25.7 Å². The molecule has 0 aromatic carbocycles. The molecule has 0 saturated heterocycles. The molecule has 5 atom stereocenters. The summed E-state index contributed by atoms with van der Waals surface area (Å²) in [4.78, 5) is 73.1. The van der Waals surface area contributed by atoms with Crippen molar-refractivity contribution in [2.45, 2.75) is 316 Å². The van der Waals surface area contributed by atoms with Crippen LogP contribution in [0.1, 0.15) is 297 Å². The third-order valence-corrected chi connectivity index (χ3v) is 18.3. The highest BCUT2D eigenvalue weighted by Crippen LogP contribution is 2.45. The standard InChI is InChI=1S/C89H144O17P2/c1-5-9-13-17-21-25-29-33-37-39-41-43-47-50-54-58-62-66-70-74-87(92)100-80-84(105-88(93)75-71-67-63-59-55-51-46-36-32-28-24-20-16-12-8-4)81-103-107(95,96)101-77-83(90)78-102-108(97,98)104-82-85(79-99-86(91)73-69-65-61-57-53-49-45-35-31-27-23-19-15-11-7-3)106-89(94)76-72-68-64-60-56-52-48-44-42-40-38-34-30-26-22-18-14-10-6-2/h9-10,13-14,21-22,24-28,31,33-34,36-38,41-44,46,50,52,54,56,62,64,66,68,83-85,90H,5-8,11-12,15-20,23,29-30,32,35,39-40,45,47-49,51,53,55,57-61,63,65,67,69-82H2,1-4H3,(H,95,96)(H,97,98)/b13-9-,14-10-,25-21-,26-22-,28-24-,31-27-,37-33-,38-34-,43-41-,44-42-,46-36-,54-50-,56-52-,66-62-,68-64-/t83-,84-,85-/m1/s1. The second-order valence-corrected chi connectivity index (χ2v) is 29.5. The Bertz CT molecular complexity index is 2760. The summed E-state index contributed by atoms with van der Waals surface area (Å²) in [6.45, 7) is 4.41. The lowest BCUT2D eigenvalue weighted by Gasteiger charge is -2.21. The van der Waals surface area contributed by atoms with E-state index in [0.29, 0.717) is 38.5 Å². The number of phosphoric ester groups is 2. The monoisotopic (exact) mass is 1550 g/mol. The zero-order chi connectivity index (χ0) is 78.9. The number of rotatable bonds is 75. The van der Waals surface area contributed by atoms with Crippen LogP contribution in [-0.4, -0.2) is 96.7 Å². The first-order valence-corrected chi connectivity index (χ1v) is 44.0. The highest BCUT2D eigenvalue weighted by Gasteiger charge is 2.30. The molecule has 0 aromatic rings. The summed E-state index contributed by atoms with van der Waals surface area (Å²) in [7, 11) is -10.0. The second-order valence-electron chi connectivity index (χ2n) is 26.6. The molecule has 0 saturated carbocycles. The number of unbranched alkanes of at least 4 members (excludes halogenated alkanes) is 19. The molecular formula is C89H144O17P2. The largest absolute Gasteiger partial charge is 0.472 e. The van der Waals surface area contributed by atoms with Crippen molar-refractivity contribution in [3.63, 3.8) is 0 Å². The fourth-order valence-corrected chi connectivity index (χ4v) is 11.8. The molecular weight excluding hydrogens is 1400 g/mol. The Morgan fingerprint density at radius 1 is 0.269 bits per heavy atom. The summed E-state index contributed by atoms with van der Waals surface area (Å²) < 4.78 is 68.5. The highest BCUT2D eigenvalue weighted by molar-refractivity contribution is 7.47. The lowest BCUT2D eigenvalue weighted by Crippen LogP contribution is -2.30. The van der Waals surface area contributed by atoms with Gasteiger partial charge in [-0.25, -0.2) is 9.13 Å². The van der Waals surface area contributed by atoms with Crippen LogP contribution in [-0.2, 0) is 65.4 Å². The summed E-state index contributed by atoms with van der Waals surface area (Å²) in [6, 6.07) is 0. The van der Waals surface area contributed by atoms with E-state index in [1.165, 1.54) is 44.9 Å². The molecule has 0 aromatic heterocycles. The van der Waals surface area contributed by atoms with Gasteiger partial charge in [0.05, 0.1) is 26.4 Å². The van der Waals surface area contributed by atoms with Crippen molar-refractivity contribution in [1.29, 1.82) is 0 Å². The van der Waals surface area contributed by atoms with Gasteiger partial charge in [0.25, 0.3) is 0 Å². The summed E-state index contributed by atoms with van der Waals surface area (Å²) in [6.07, 6.45) is 96.1. The van der Waals surface area contributed by atoms with Crippen LogP contribution >= 0.6 is 15.6 Å². The number of allylic oxidation sites excluding steroid dienone is 30. The van der Waals surface area contributed by atoms with Gasteiger partial charge >= 0.3 is 39.5 Å². The maximum atomic E-state index is 13.1. The van der Waals surface area contributed by atoms with E-state index in [-0.39, 0.29) is 25.7 Å². The van der Waals surface area contributed by atoms with E-state index in [2.05, 4.69) is 174 Å². The van der Waals surface area contributed by atoms with Crippen LogP contribution in [0.5, 0.6) is 0 Å². The molecule has 3 N–H and O–H groups in total. The number of carbonyl (C=O) groups is 4. The second kappa shape index (κ2) is 79.3. The molecule has 0 aliphatic carbocycles. The van der Waals surface area contributed by atoms with Gasteiger partial charge in [-0.15, -0.1) is 0 Å². The molecule has 2 unspecified atom stereocenters. The zero-order valence-corrected chi connectivity index (χ0v) is 68.7. The van der Waals surface area contributed by atoms with Crippen molar-refractivity contribution in [3.05, 3.63) is 182 Å². The highest BCUT2D eigenvalue weighted by atomic mass is 31.2. The number of esters is 4. The number of hydrogen-bond donors (Lipinski definition) is 3. The molecule has 0 spiro atoms.